The topological polar surface area (TPSA) is 72.2 Å². The first-order valence-corrected chi connectivity index (χ1v) is 8.07. The molecule has 1 amide bonds. The lowest BCUT2D eigenvalue weighted by Gasteiger charge is -2.04. The summed E-state index contributed by atoms with van der Waals surface area (Å²) >= 11 is 12.8. The van der Waals surface area contributed by atoms with Gasteiger partial charge in [0.2, 0.25) is 0 Å². The number of nitrogens with zero attached hydrogens (tertiary/aromatic N) is 1. The van der Waals surface area contributed by atoms with Crippen molar-refractivity contribution in [3.63, 3.8) is 0 Å². The quantitative estimate of drug-likeness (QED) is 0.478. The van der Waals surface area contributed by atoms with Crippen molar-refractivity contribution in [1.82, 2.24) is 0 Å². The predicted molar refractivity (Wildman–Crippen MR) is 92.9 cm³/mol. The molecule has 0 radical (unpaired) electrons. The molecular formula is C15H7Cl2FN2O3S. The van der Waals surface area contributed by atoms with Crippen LogP contribution in [0.15, 0.2) is 36.4 Å². The molecule has 1 N–H and O–H groups in total. The highest BCUT2D eigenvalue weighted by molar-refractivity contribution is 7.22. The van der Waals surface area contributed by atoms with Gasteiger partial charge in [-0.05, 0) is 18.2 Å². The molecule has 2 aromatic carbocycles. The van der Waals surface area contributed by atoms with Crippen LogP contribution in [0.25, 0.3) is 10.1 Å². The lowest BCUT2D eigenvalue weighted by Crippen LogP contribution is -2.10. The molecule has 0 aliphatic heterocycles. The van der Waals surface area contributed by atoms with Crippen LogP contribution in [-0.2, 0) is 0 Å². The minimum absolute atomic E-state index is 0.122. The third-order valence-electron chi connectivity index (χ3n) is 3.21. The maximum atomic E-state index is 13.2. The smallest absolute Gasteiger partial charge is 0.287 e. The lowest BCUT2D eigenvalue weighted by molar-refractivity contribution is -0.382. The Bertz CT molecular complexity index is 990. The number of nitro benzene ring substituents is 1. The van der Waals surface area contributed by atoms with E-state index in [1.165, 1.54) is 24.3 Å². The number of rotatable bonds is 3. The molecule has 24 heavy (non-hydrogen) atoms. The number of nitro groups is 1. The Morgan fingerprint density at radius 3 is 2.67 bits per heavy atom. The van der Waals surface area contributed by atoms with Crippen LogP contribution >= 0.6 is 34.5 Å². The summed E-state index contributed by atoms with van der Waals surface area (Å²) < 4.78 is 13.5. The van der Waals surface area contributed by atoms with Crippen LogP contribution in [-0.4, -0.2) is 10.8 Å². The maximum absolute atomic E-state index is 13.2. The molecule has 0 saturated carbocycles. The molecule has 3 rings (SSSR count). The van der Waals surface area contributed by atoms with E-state index in [1.54, 1.807) is 6.07 Å². The molecule has 0 fully saturated rings. The fourth-order valence-electron chi connectivity index (χ4n) is 2.13. The second-order valence-electron chi connectivity index (χ2n) is 4.74. The van der Waals surface area contributed by atoms with Crippen LogP contribution in [0.5, 0.6) is 0 Å². The Kier molecular flexibility index (Phi) is 4.40. The van der Waals surface area contributed by atoms with E-state index in [0.29, 0.717) is 10.1 Å². The summed E-state index contributed by atoms with van der Waals surface area (Å²) in [7, 11) is 0. The standard InChI is InChI=1S/C15H7Cl2FN2O3S/c16-9-6-7(4-5-10(9)18)19-15(21)14-12(17)8-2-1-3-11(20(22)23)13(8)24-14/h1-6H,(H,19,21). The first-order valence-electron chi connectivity index (χ1n) is 6.50. The summed E-state index contributed by atoms with van der Waals surface area (Å²) in [5.41, 5.74) is 0.165. The Labute approximate surface area is 148 Å². The van der Waals surface area contributed by atoms with E-state index in [2.05, 4.69) is 5.32 Å². The van der Waals surface area contributed by atoms with Gasteiger partial charge < -0.3 is 5.32 Å². The average Bonchev–Trinajstić information content (AvgIpc) is 2.88. The molecule has 0 aliphatic rings. The van der Waals surface area contributed by atoms with E-state index in [9.17, 15) is 19.3 Å². The summed E-state index contributed by atoms with van der Waals surface area (Å²) in [4.78, 5) is 23.1. The minimum atomic E-state index is -0.606. The normalized spacial score (nSPS) is 10.8. The number of thiophene rings is 1. The molecule has 0 spiro atoms. The highest BCUT2D eigenvalue weighted by Gasteiger charge is 2.22. The van der Waals surface area contributed by atoms with Gasteiger partial charge in [-0.25, -0.2) is 4.39 Å². The number of nitrogens with one attached hydrogen (secondary N) is 1. The van der Waals surface area contributed by atoms with E-state index >= 15 is 0 Å². The van der Waals surface area contributed by atoms with E-state index in [-0.39, 0.29) is 26.3 Å². The third kappa shape index (κ3) is 2.93. The van der Waals surface area contributed by atoms with Crippen LogP contribution in [0.3, 0.4) is 0 Å². The van der Waals surface area contributed by atoms with Gasteiger partial charge in [0.05, 0.1) is 15.0 Å². The zero-order chi connectivity index (χ0) is 17.4. The van der Waals surface area contributed by atoms with Crippen molar-refractivity contribution < 1.29 is 14.1 Å². The molecule has 122 valence electrons. The zero-order valence-corrected chi connectivity index (χ0v) is 14.0. The van der Waals surface area contributed by atoms with Crippen molar-refractivity contribution >= 4 is 61.9 Å². The molecule has 1 aromatic heterocycles. The van der Waals surface area contributed by atoms with Gasteiger partial charge in [-0.3, -0.25) is 14.9 Å². The van der Waals surface area contributed by atoms with Crippen LogP contribution < -0.4 is 5.32 Å². The number of hydrogen-bond acceptors (Lipinski definition) is 4. The van der Waals surface area contributed by atoms with Crippen molar-refractivity contribution in [3.05, 3.63) is 67.3 Å². The molecule has 1 heterocycles. The number of halogens is 3. The molecule has 0 bridgehead atoms. The van der Waals surface area contributed by atoms with E-state index in [1.807, 2.05) is 0 Å². The lowest BCUT2D eigenvalue weighted by atomic mass is 10.2. The van der Waals surface area contributed by atoms with Gasteiger partial charge in [-0.15, -0.1) is 11.3 Å². The summed E-state index contributed by atoms with van der Waals surface area (Å²) in [6.45, 7) is 0. The molecule has 0 atom stereocenters. The number of carbonyl (C=O) groups is 1. The number of benzene rings is 2. The molecule has 0 unspecified atom stereocenters. The van der Waals surface area contributed by atoms with Gasteiger partial charge >= 0.3 is 0 Å². The van der Waals surface area contributed by atoms with Gasteiger partial charge in [0.1, 0.15) is 15.4 Å². The average molecular weight is 385 g/mol. The van der Waals surface area contributed by atoms with Crippen molar-refractivity contribution in [3.8, 4) is 0 Å². The third-order valence-corrected chi connectivity index (χ3v) is 5.24. The Hall–Kier alpha value is -2.22. The van der Waals surface area contributed by atoms with E-state index in [4.69, 9.17) is 23.2 Å². The fraction of sp³-hybridized carbons (Fsp3) is 0. The SMILES string of the molecule is O=C(Nc1ccc(F)c(Cl)c1)c1sc2c([N+](=O)[O-])cccc2c1Cl. The van der Waals surface area contributed by atoms with Crippen LogP contribution in [0.2, 0.25) is 10.0 Å². The molecule has 0 aliphatic carbocycles. The molecule has 9 heteroatoms. The molecular weight excluding hydrogens is 378 g/mol. The Morgan fingerprint density at radius 1 is 1.25 bits per heavy atom. The molecule has 0 saturated heterocycles. The van der Waals surface area contributed by atoms with Crippen LogP contribution in [0.4, 0.5) is 15.8 Å². The maximum Gasteiger partial charge on any atom is 0.287 e. The monoisotopic (exact) mass is 384 g/mol. The zero-order valence-electron chi connectivity index (χ0n) is 11.7. The molecule has 3 aromatic rings. The minimum Gasteiger partial charge on any atom is -0.321 e. The second kappa shape index (κ2) is 6.35. The summed E-state index contributed by atoms with van der Waals surface area (Å²) in [5.74, 6) is -1.16. The molecule has 5 nitrogen and oxygen atoms in total. The van der Waals surface area contributed by atoms with Crippen molar-refractivity contribution in [2.24, 2.45) is 0 Å². The van der Waals surface area contributed by atoms with E-state index in [0.717, 1.165) is 17.4 Å². The van der Waals surface area contributed by atoms with Gasteiger partial charge in [0, 0.05) is 17.1 Å². The summed E-state index contributed by atoms with van der Waals surface area (Å²) in [6, 6.07) is 8.18. The first-order chi connectivity index (χ1) is 11.4. The van der Waals surface area contributed by atoms with Crippen LogP contribution in [0, 0.1) is 15.9 Å². The second-order valence-corrected chi connectivity index (χ2v) is 6.54. The largest absolute Gasteiger partial charge is 0.321 e. The van der Waals surface area contributed by atoms with Crippen molar-refractivity contribution in [2.45, 2.75) is 0 Å². The number of carbonyl (C=O) groups excluding carboxylic acids is 1. The number of hydrogen-bond donors (Lipinski definition) is 1. The number of fused-ring (bicyclic) bond motifs is 1. The van der Waals surface area contributed by atoms with Crippen molar-refractivity contribution in [2.75, 3.05) is 5.32 Å². The fourth-order valence-corrected chi connectivity index (χ4v) is 3.80. The van der Waals surface area contributed by atoms with Gasteiger partial charge in [0.25, 0.3) is 11.6 Å². The van der Waals surface area contributed by atoms with Crippen LogP contribution in [0.1, 0.15) is 9.67 Å². The summed E-state index contributed by atoms with van der Waals surface area (Å²) in [6.07, 6.45) is 0. The van der Waals surface area contributed by atoms with Gasteiger partial charge in [-0.2, -0.15) is 0 Å². The Morgan fingerprint density at radius 2 is 2.00 bits per heavy atom. The van der Waals surface area contributed by atoms with Crippen molar-refractivity contribution in [1.29, 1.82) is 0 Å². The number of non-ortho nitro benzene ring substituents is 1. The predicted octanol–water partition coefficient (Wildman–Crippen LogP) is 5.51. The van der Waals surface area contributed by atoms with Gasteiger partial charge in [-0.1, -0.05) is 35.3 Å². The van der Waals surface area contributed by atoms with Gasteiger partial charge in [0.15, 0.2) is 0 Å². The first kappa shape index (κ1) is 16.6. The highest BCUT2D eigenvalue weighted by atomic mass is 35.5. The highest BCUT2D eigenvalue weighted by Crippen LogP contribution is 2.40. The van der Waals surface area contributed by atoms with E-state index < -0.39 is 16.6 Å². The number of anilines is 1. The number of amides is 1. The Balaban J connectivity index is 2.01. The summed E-state index contributed by atoms with van der Waals surface area (Å²) in [5, 5.41) is 14.1.